The summed E-state index contributed by atoms with van der Waals surface area (Å²) in [6, 6.07) is 14.8. The third-order valence-electron chi connectivity index (χ3n) is 2.74. The molecule has 0 aliphatic carbocycles. The van der Waals surface area contributed by atoms with Crippen LogP contribution in [0.5, 0.6) is 5.75 Å². The van der Waals surface area contributed by atoms with Gasteiger partial charge in [0.05, 0.1) is 0 Å². The molecule has 0 unspecified atom stereocenters. The molecule has 0 spiro atoms. The van der Waals surface area contributed by atoms with Crippen LogP contribution in [0.25, 0.3) is 11.1 Å². The van der Waals surface area contributed by atoms with Gasteiger partial charge in [0, 0.05) is 5.56 Å². The number of carboxylic acids is 1. The molecule has 0 bridgehead atoms. The molecule has 0 fully saturated rings. The average molecular weight is 270 g/mol. The third kappa shape index (κ3) is 3.18. The molecule has 0 atom stereocenters. The Morgan fingerprint density at radius 3 is 2.20 bits per heavy atom. The Bertz CT molecular complexity index is 610. The summed E-state index contributed by atoms with van der Waals surface area (Å²) in [5.41, 5.74) is 1.45. The zero-order chi connectivity index (χ0) is 14.8. The van der Waals surface area contributed by atoms with Crippen LogP contribution in [0.3, 0.4) is 0 Å². The third-order valence-corrected chi connectivity index (χ3v) is 2.74. The average Bonchev–Trinajstić information content (AvgIpc) is 2.38. The second kappa shape index (κ2) is 5.37. The molecule has 0 aliphatic rings. The fourth-order valence-electron chi connectivity index (χ4n) is 1.97. The summed E-state index contributed by atoms with van der Waals surface area (Å²) in [5, 5.41) is 9.35. The summed E-state index contributed by atoms with van der Waals surface area (Å²) >= 11 is 0. The largest absolute Gasteiger partial charge is 0.487 e. The highest BCUT2D eigenvalue weighted by Gasteiger charge is 2.21. The number of aromatic carboxylic acids is 1. The standard InChI is InChI=1S/C17H18O3/c1-17(2,3)20-15-13(12-8-5-4-6-9-12)10-7-11-14(15)16(18)19/h4-11H,1-3H3,(H,18,19). The van der Waals surface area contributed by atoms with Gasteiger partial charge in [0.2, 0.25) is 0 Å². The van der Waals surface area contributed by atoms with E-state index in [9.17, 15) is 9.90 Å². The minimum Gasteiger partial charge on any atom is -0.487 e. The molecule has 3 nitrogen and oxygen atoms in total. The maximum atomic E-state index is 11.4. The number of rotatable bonds is 3. The summed E-state index contributed by atoms with van der Waals surface area (Å²) in [5.74, 6) is -0.569. The van der Waals surface area contributed by atoms with Gasteiger partial charge in [-0.25, -0.2) is 4.79 Å². The monoisotopic (exact) mass is 270 g/mol. The first-order chi connectivity index (χ1) is 9.38. The van der Waals surface area contributed by atoms with E-state index in [-0.39, 0.29) is 5.56 Å². The highest BCUT2D eigenvalue weighted by molar-refractivity contribution is 5.94. The molecule has 0 saturated heterocycles. The van der Waals surface area contributed by atoms with Crippen molar-refractivity contribution in [2.45, 2.75) is 26.4 Å². The topological polar surface area (TPSA) is 46.5 Å². The molecule has 0 radical (unpaired) electrons. The molecule has 20 heavy (non-hydrogen) atoms. The SMILES string of the molecule is CC(C)(C)Oc1c(C(=O)O)cccc1-c1ccccc1. The van der Waals surface area contributed by atoms with Crippen LogP contribution in [0.4, 0.5) is 0 Å². The summed E-state index contributed by atoms with van der Waals surface area (Å²) in [7, 11) is 0. The van der Waals surface area contributed by atoms with Crippen LogP contribution in [0, 0.1) is 0 Å². The molecular weight excluding hydrogens is 252 g/mol. The van der Waals surface area contributed by atoms with Crippen molar-refractivity contribution >= 4 is 5.97 Å². The fraction of sp³-hybridized carbons (Fsp3) is 0.235. The van der Waals surface area contributed by atoms with E-state index in [0.29, 0.717) is 5.75 Å². The maximum Gasteiger partial charge on any atom is 0.339 e. The lowest BCUT2D eigenvalue weighted by atomic mass is 10.0. The predicted octanol–water partition coefficient (Wildman–Crippen LogP) is 4.23. The van der Waals surface area contributed by atoms with E-state index in [1.54, 1.807) is 12.1 Å². The lowest BCUT2D eigenvalue weighted by Crippen LogP contribution is -2.24. The van der Waals surface area contributed by atoms with Crippen LogP contribution in [0.15, 0.2) is 48.5 Å². The Labute approximate surface area is 118 Å². The van der Waals surface area contributed by atoms with Gasteiger partial charge in [-0.2, -0.15) is 0 Å². The van der Waals surface area contributed by atoms with Gasteiger partial charge in [0.25, 0.3) is 0 Å². The van der Waals surface area contributed by atoms with Crippen molar-refractivity contribution in [3.63, 3.8) is 0 Å². The Kier molecular flexibility index (Phi) is 3.79. The number of para-hydroxylation sites is 1. The molecule has 3 heteroatoms. The van der Waals surface area contributed by atoms with Crippen LogP contribution in [0.1, 0.15) is 31.1 Å². The van der Waals surface area contributed by atoms with Gasteiger partial charge in [-0.05, 0) is 32.4 Å². The number of hydrogen-bond donors (Lipinski definition) is 1. The Hall–Kier alpha value is -2.29. The van der Waals surface area contributed by atoms with Crippen molar-refractivity contribution in [1.82, 2.24) is 0 Å². The fourth-order valence-corrected chi connectivity index (χ4v) is 1.97. The summed E-state index contributed by atoms with van der Waals surface area (Å²) in [6.45, 7) is 5.71. The van der Waals surface area contributed by atoms with Crippen molar-refractivity contribution in [1.29, 1.82) is 0 Å². The van der Waals surface area contributed by atoms with Crippen LogP contribution in [-0.2, 0) is 0 Å². The molecule has 0 aliphatic heterocycles. The predicted molar refractivity (Wildman–Crippen MR) is 79.2 cm³/mol. The first-order valence-corrected chi connectivity index (χ1v) is 6.49. The Balaban J connectivity index is 2.62. The van der Waals surface area contributed by atoms with Gasteiger partial charge in [-0.1, -0.05) is 42.5 Å². The lowest BCUT2D eigenvalue weighted by molar-refractivity contribution is 0.0681. The minimum atomic E-state index is -0.984. The quantitative estimate of drug-likeness (QED) is 0.907. The van der Waals surface area contributed by atoms with Crippen molar-refractivity contribution in [2.24, 2.45) is 0 Å². The number of benzene rings is 2. The number of hydrogen-bond acceptors (Lipinski definition) is 2. The van der Waals surface area contributed by atoms with Crippen molar-refractivity contribution < 1.29 is 14.6 Å². The van der Waals surface area contributed by atoms with Crippen molar-refractivity contribution in [2.75, 3.05) is 0 Å². The number of carboxylic acid groups (broad SMARTS) is 1. The molecule has 0 aromatic heterocycles. The van der Waals surface area contributed by atoms with E-state index in [1.807, 2.05) is 57.2 Å². The van der Waals surface area contributed by atoms with Gasteiger partial charge in [0.15, 0.2) is 0 Å². The van der Waals surface area contributed by atoms with Gasteiger partial charge in [-0.15, -0.1) is 0 Å². The molecule has 2 aromatic carbocycles. The van der Waals surface area contributed by atoms with E-state index in [2.05, 4.69) is 0 Å². The minimum absolute atomic E-state index is 0.182. The van der Waals surface area contributed by atoms with Crippen LogP contribution in [-0.4, -0.2) is 16.7 Å². The van der Waals surface area contributed by atoms with Gasteiger partial charge in [0.1, 0.15) is 16.9 Å². The number of ether oxygens (including phenoxy) is 1. The van der Waals surface area contributed by atoms with Gasteiger partial charge in [-0.3, -0.25) is 0 Å². The first-order valence-electron chi connectivity index (χ1n) is 6.49. The highest BCUT2D eigenvalue weighted by Crippen LogP contribution is 2.35. The van der Waals surface area contributed by atoms with E-state index in [1.165, 1.54) is 0 Å². The Morgan fingerprint density at radius 2 is 1.65 bits per heavy atom. The molecule has 104 valence electrons. The zero-order valence-corrected chi connectivity index (χ0v) is 11.9. The maximum absolute atomic E-state index is 11.4. The van der Waals surface area contributed by atoms with E-state index < -0.39 is 11.6 Å². The van der Waals surface area contributed by atoms with Crippen molar-refractivity contribution in [3.8, 4) is 16.9 Å². The molecule has 0 heterocycles. The highest BCUT2D eigenvalue weighted by atomic mass is 16.5. The zero-order valence-electron chi connectivity index (χ0n) is 11.9. The summed E-state index contributed by atoms with van der Waals surface area (Å²) < 4.78 is 5.90. The molecular formula is C17H18O3. The van der Waals surface area contributed by atoms with E-state index in [0.717, 1.165) is 11.1 Å². The normalized spacial score (nSPS) is 11.2. The first kappa shape index (κ1) is 14.1. The molecule has 0 amide bonds. The Morgan fingerprint density at radius 1 is 1.00 bits per heavy atom. The van der Waals surface area contributed by atoms with Crippen LogP contribution in [0.2, 0.25) is 0 Å². The lowest BCUT2D eigenvalue weighted by Gasteiger charge is -2.24. The van der Waals surface area contributed by atoms with Crippen LogP contribution >= 0.6 is 0 Å². The summed E-state index contributed by atoms with van der Waals surface area (Å²) in [6.07, 6.45) is 0. The van der Waals surface area contributed by atoms with E-state index in [4.69, 9.17) is 4.74 Å². The van der Waals surface area contributed by atoms with E-state index >= 15 is 0 Å². The molecule has 2 rings (SSSR count). The molecule has 2 aromatic rings. The smallest absolute Gasteiger partial charge is 0.339 e. The second-order valence-corrected chi connectivity index (χ2v) is 5.57. The molecule has 1 N–H and O–H groups in total. The van der Waals surface area contributed by atoms with Gasteiger partial charge >= 0.3 is 5.97 Å². The number of carbonyl (C=O) groups is 1. The summed E-state index contributed by atoms with van der Waals surface area (Å²) in [4.78, 5) is 11.4. The van der Waals surface area contributed by atoms with Crippen molar-refractivity contribution in [3.05, 3.63) is 54.1 Å². The van der Waals surface area contributed by atoms with Crippen LogP contribution < -0.4 is 4.74 Å². The van der Waals surface area contributed by atoms with Gasteiger partial charge < -0.3 is 9.84 Å². The second-order valence-electron chi connectivity index (χ2n) is 5.57. The molecule has 0 saturated carbocycles.